The summed E-state index contributed by atoms with van der Waals surface area (Å²) >= 11 is 1.86. The van der Waals surface area contributed by atoms with Crippen LogP contribution in [0.2, 0.25) is 39.3 Å². The van der Waals surface area contributed by atoms with E-state index in [1.807, 2.05) is 11.3 Å². The van der Waals surface area contributed by atoms with Gasteiger partial charge in [-0.1, -0.05) is 98.2 Å². The molecule has 0 fully saturated rings. The van der Waals surface area contributed by atoms with Gasteiger partial charge < -0.3 is 10.2 Å². The number of benzene rings is 5. The highest BCUT2D eigenvalue weighted by atomic mass is 32.1. The quantitative estimate of drug-likeness (QED) is 0.187. The molecule has 206 valence electrons. The number of rotatable bonds is 7. The summed E-state index contributed by atoms with van der Waals surface area (Å²) < 4.78 is 2.66. The number of nitrogens with one attached hydrogen (secondary N) is 1. The van der Waals surface area contributed by atoms with Gasteiger partial charge in [-0.25, -0.2) is 0 Å². The molecular formula is C36H38N2SSi2. The lowest BCUT2D eigenvalue weighted by Gasteiger charge is -2.29. The summed E-state index contributed by atoms with van der Waals surface area (Å²) in [6.45, 7) is 14.5. The van der Waals surface area contributed by atoms with Crippen molar-refractivity contribution < 1.29 is 0 Å². The molecule has 0 atom stereocenters. The molecule has 0 amide bonds. The van der Waals surface area contributed by atoms with Gasteiger partial charge in [-0.2, -0.15) is 0 Å². The molecule has 0 aliphatic heterocycles. The zero-order valence-electron chi connectivity index (χ0n) is 24.8. The first-order valence-corrected chi connectivity index (χ1v) is 22.2. The fourth-order valence-electron chi connectivity index (χ4n) is 5.35. The van der Waals surface area contributed by atoms with Crippen molar-refractivity contribution in [1.29, 1.82) is 0 Å². The first-order chi connectivity index (χ1) is 19.6. The Morgan fingerprint density at radius 3 is 1.90 bits per heavy atom. The van der Waals surface area contributed by atoms with Crippen molar-refractivity contribution in [2.45, 2.75) is 39.3 Å². The van der Waals surface area contributed by atoms with E-state index in [0.717, 1.165) is 11.4 Å². The summed E-state index contributed by atoms with van der Waals surface area (Å²) in [4.78, 5) is 2.42. The van der Waals surface area contributed by atoms with Crippen molar-refractivity contribution >= 4 is 86.5 Å². The van der Waals surface area contributed by atoms with Crippen molar-refractivity contribution in [3.05, 3.63) is 115 Å². The van der Waals surface area contributed by atoms with Gasteiger partial charge in [0.2, 0.25) is 0 Å². The van der Waals surface area contributed by atoms with E-state index in [-0.39, 0.29) is 0 Å². The van der Waals surface area contributed by atoms with Gasteiger partial charge in [0.1, 0.15) is 0 Å². The predicted molar refractivity (Wildman–Crippen MR) is 190 cm³/mol. The minimum absolute atomic E-state index is 1.12. The van der Waals surface area contributed by atoms with E-state index in [4.69, 9.17) is 0 Å². The maximum absolute atomic E-state index is 3.80. The number of para-hydroxylation sites is 1. The third-order valence-electron chi connectivity index (χ3n) is 7.69. The molecule has 0 unspecified atom stereocenters. The van der Waals surface area contributed by atoms with Crippen LogP contribution in [0.1, 0.15) is 0 Å². The second kappa shape index (κ2) is 10.6. The summed E-state index contributed by atoms with van der Waals surface area (Å²) in [6, 6.07) is 42.5. The Kier molecular flexibility index (Phi) is 7.14. The summed E-state index contributed by atoms with van der Waals surface area (Å²) in [5.74, 6) is 0. The number of nitrogens with zero attached hydrogens (tertiary/aromatic N) is 1. The largest absolute Gasteiger partial charge is 0.355 e. The molecule has 0 bridgehead atoms. The molecule has 1 N–H and O–H groups in total. The topological polar surface area (TPSA) is 15.3 Å². The van der Waals surface area contributed by atoms with Crippen LogP contribution in [-0.4, -0.2) is 16.1 Å². The highest BCUT2D eigenvalue weighted by Crippen LogP contribution is 2.38. The first kappa shape index (κ1) is 27.5. The fourth-order valence-corrected chi connectivity index (χ4v) is 8.78. The Balaban J connectivity index is 1.49. The van der Waals surface area contributed by atoms with E-state index in [9.17, 15) is 0 Å². The zero-order chi connectivity index (χ0) is 28.8. The number of anilines is 5. The average molecular weight is 587 g/mol. The zero-order valence-corrected chi connectivity index (χ0v) is 27.6. The number of thiophene rings is 1. The van der Waals surface area contributed by atoms with Crippen LogP contribution >= 0.6 is 11.3 Å². The molecule has 0 saturated heterocycles. The van der Waals surface area contributed by atoms with Gasteiger partial charge in [0.25, 0.3) is 0 Å². The van der Waals surface area contributed by atoms with Crippen LogP contribution in [0.15, 0.2) is 115 Å². The van der Waals surface area contributed by atoms with E-state index in [2.05, 4.69) is 165 Å². The Hall–Kier alpha value is -3.65. The standard InChI is InChI=1S/C36H38N2SSi2/c1-40(2,3)31-16-12-15-29(24-31)38(28-13-8-7-9-14-28)30-21-27(22-32(25-30)41(4,5)6)37-26-19-20-36-34(23-26)33-17-10-11-18-35(33)39-36/h7-25,37H,1-6H3. The van der Waals surface area contributed by atoms with E-state index < -0.39 is 16.1 Å². The van der Waals surface area contributed by atoms with Crippen LogP contribution in [0.25, 0.3) is 20.2 Å². The Morgan fingerprint density at radius 2 is 1.15 bits per heavy atom. The smallest absolute Gasteiger partial charge is 0.0777 e. The SMILES string of the molecule is C[Si](C)(C)c1cccc(N(c2ccccc2)c2cc(Nc3ccc4sc5ccccc5c4c3)cc([Si](C)(C)C)c2)c1. The van der Waals surface area contributed by atoms with Gasteiger partial charge >= 0.3 is 0 Å². The first-order valence-electron chi connectivity index (χ1n) is 14.4. The molecular weight excluding hydrogens is 549 g/mol. The van der Waals surface area contributed by atoms with Crippen molar-refractivity contribution in [2.75, 3.05) is 10.2 Å². The summed E-state index contributed by atoms with van der Waals surface area (Å²) in [7, 11) is -3.11. The van der Waals surface area contributed by atoms with Crippen molar-refractivity contribution in [3.8, 4) is 0 Å². The summed E-state index contributed by atoms with van der Waals surface area (Å²) in [5.41, 5.74) is 5.81. The monoisotopic (exact) mass is 586 g/mol. The van der Waals surface area contributed by atoms with E-state index in [1.54, 1.807) is 0 Å². The Morgan fingerprint density at radius 1 is 0.488 bits per heavy atom. The highest BCUT2D eigenvalue weighted by Gasteiger charge is 2.23. The molecule has 0 saturated carbocycles. The minimum Gasteiger partial charge on any atom is -0.355 e. The van der Waals surface area contributed by atoms with Crippen LogP contribution in [0.3, 0.4) is 0 Å². The van der Waals surface area contributed by atoms with Gasteiger partial charge in [-0.05, 0) is 66.7 Å². The minimum atomic E-state index is -1.63. The Labute approximate surface area is 250 Å². The maximum atomic E-state index is 3.80. The lowest BCUT2D eigenvalue weighted by molar-refractivity contribution is 1.29. The maximum Gasteiger partial charge on any atom is 0.0777 e. The molecule has 6 rings (SSSR count). The van der Waals surface area contributed by atoms with Crippen LogP contribution in [0.4, 0.5) is 28.4 Å². The summed E-state index contributed by atoms with van der Waals surface area (Å²) in [6.07, 6.45) is 0. The molecule has 41 heavy (non-hydrogen) atoms. The average Bonchev–Trinajstić information content (AvgIpc) is 3.31. The van der Waals surface area contributed by atoms with Crippen molar-refractivity contribution in [3.63, 3.8) is 0 Å². The van der Waals surface area contributed by atoms with Crippen molar-refractivity contribution in [2.24, 2.45) is 0 Å². The molecule has 0 spiro atoms. The second-order valence-corrected chi connectivity index (χ2v) is 24.2. The van der Waals surface area contributed by atoms with E-state index >= 15 is 0 Å². The van der Waals surface area contributed by atoms with Gasteiger partial charge in [-0.15, -0.1) is 11.3 Å². The van der Waals surface area contributed by atoms with Gasteiger partial charge in [0.15, 0.2) is 0 Å². The number of hydrogen-bond donors (Lipinski definition) is 1. The van der Waals surface area contributed by atoms with Gasteiger partial charge in [-0.3, -0.25) is 0 Å². The van der Waals surface area contributed by atoms with Gasteiger partial charge in [0.05, 0.1) is 16.1 Å². The molecule has 2 nitrogen and oxygen atoms in total. The third kappa shape index (κ3) is 5.75. The van der Waals surface area contributed by atoms with Crippen LogP contribution < -0.4 is 20.6 Å². The summed E-state index contributed by atoms with van der Waals surface area (Å²) in [5, 5.41) is 9.34. The molecule has 0 radical (unpaired) electrons. The Bertz CT molecular complexity index is 1850. The van der Waals surface area contributed by atoms with Crippen LogP contribution in [0, 0.1) is 0 Å². The normalized spacial score (nSPS) is 12.1. The van der Waals surface area contributed by atoms with Crippen LogP contribution in [-0.2, 0) is 0 Å². The number of fused-ring (bicyclic) bond motifs is 3. The van der Waals surface area contributed by atoms with Crippen LogP contribution in [0.5, 0.6) is 0 Å². The molecule has 6 aromatic rings. The van der Waals surface area contributed by atoms with Crippen molar-refractivity contribution in [1.82, 2.24) is 0 Å². The lowest BCUT2D eigenvalue weighted by atomic mass is 10.1. The fraction of sp³-hybridized carbons (Fsp3) is 0.167. The second-order valence-electron chi connectivity index (χ2n) is 12.9. The highest BCUT2D eigenvalue weighted by molar-refractivity contribution is 7.25. The lowest BCUT2D eigenvalue weighted by Crippen LogP contribution is -2.38. The predicted octanol–water partition coefficient (Wildman–Crippen LogP) is 10.4. The molecule has 1 heterocycles. The molecule has 5 heteroatoms. The molecule has 5 aromatic carbocycles. The van der Waals surface area contributed by atoms with Gasteiger partial charge in [0, 0.05) is 48.6 Å². The third-order valence-corrected chi connectivity index (χ3v) is 12.9. The number of hydrogen-bond acceptors (Lipinski definition) is 3. The molecule has 0 aliphatic carbocycles. The van der Waals surface area contributed by atoms with E-state index in [1.165, 1.54) is 47.6 Å². The molecule has 0 aliphatic rings. The van der Waals surface area contributed by atoms with E-state index in [0.29, 0.717) is 0 Å². The molecule has 1 aromatic heterocycles.